The molecular formula is C20H29N3O5. The molecule has 0 spiro atoms. The van der Waals surface area contributed by atoms with Gasteiger partial charge in [-0.1, -0.05) is 0 Å². The van der Waals surface area contributed by atoms with Crippen molar-refractivity contribution in [3.63, 3.8) is 0 Å². The molecule has 0 radical (unpaired) electrons. The van der Waals surface area contributed by atoms with Crippen LogP contribution < -0.4 is 9.64 Å². The van der Waals surface area contributed by atoms with E-state index in [4.69, 9.17) is 9.47 Å². The van der Waals surface area contributed by atoms with Crippen molar-refractivity contribution in [1.82, 2.24) is 9.80 Å². The standard InChI is InChI=1S/C20H29N3O5/c1-5-27-20(26)22-12-10-21(11-13-22)19(25)14-23(16(4)24)17-6-8-18(9-7-17)28-15(2)3/h6-9,15H,5,10-14H2,1-4H3. The first kappa shape index (κ1) is 21.5. The topological polar surface area (TPSA) is 79.4 Å². The van der Waals surface area contributed by atoms with Crippen molar-refractivity contribution < 1.29 is 23.9 Å². The van der Waals surface area contributed by atoms with Crippen LogP contribution in [0.1, 0.15) is 27.7 Å². The van der Waals surface area contributed by atoms with Crippen LogP contribution >= 0.6 is 0 Å². The summed E-state index contributed by atoms with van der Waals surface area (Å²) in [7, 11) is 0. The lowest BCUT2D eigenvalue weighted by Crippen LogP contribution is -2.53. The van der Waals surface area contributed by atoms with Gasteiger partial charge in [0.1, 0.15) is 12.3 Å². The quantitative estimate of drug-likeness (QED) is 0.742. The number of anilines is 1. The molecule has 0 aliphatic carbocycles. The van der Waals surface area contributed by atoms with Gasteiger partial charge in [0.2, 0.25) is 11.8 Å². The second-order valence-electron chi connectivity index (χ2n) is 6.83. The highest BCUT2D eigenvalue weighted by Crippen LogP contribution is 2.21. The average Bonchev–Trinajstić information content (AvgIpc) is 2.66. The van der Waals surface area contributed by atoms with Gasteiger partial charge in [-0.25, -0.2) is 4.79 Å². The fourth-order valence-electron chi connectivity index (χ4n) is 2.95. The molecule has 8 heteroatoms. The van der Waals surface area contributed by atoms with Gasteiger partial charge in [-0.05, 0) is 45.0 Å². The molecule has 1 heterocycles. The van der Waals surface area contributed by atoms with Gasteiger partial charge in [0.25, 0.3) is 0 Å². The Morgan fingerprint density at radius 2 is 1.61 bits per heavy atom. The van der Waals surface area contributed by atoms with E-state index in [0.29, 0.717) is 44.2 Å². The Kier molecular flexibility index (Phi) is 7.66. The van der Waals surface area contributed by atoms with E-state index in [1.165, 1.54) is 11.8 Å². The summed E-state index contributed by atoms with van der Waals surface area (Å²) in [5.74, 6) is 0.348. The van der Waals surface area contributed by atoms with E-state index in [-0.39, 0.29) is 30.6 Å². The van der Waals surface area contributed by atoms with Gasteiger partial charge in [-0.15, -0.1) is 0 Å². The molecule has 1 aliphatic heterocycles. The highest BCUT2D eigenvalue weighted by Gasteiger charge is 2.26. The lowest BCUT2D eigenvalue weighted by molar-refractivity contribution is -0.132. The SMILES string of the molecule is CCOC(=O)N1CCN(C(=O)CN(C(C)=O)c2ccc(OC(C)C)cc2)CC1. The lowest BCUT2D eigenvalue weighted by Gasteiger charge is -2.35. The van der Waals surface area contributed by atoms with Crippen molar-refractivity contribution in [2.75, 3.05) is 44.2 Å². The minimum Gasteiger partial charge on any atom is -0.491 e. The lowest BCUT2D eigenvalue weighted by atomic mass is 10.2. The smallest absolute Gasteiger partial charge is 0.409 e. The molecule has 1 aromatic carbocycles. The molecule has 8 nitrogen and oxygen atoms in total. The summed E-state index contributed by atoms with van der Waals surface area (Å²) in [6, 6.07) is 7.11. The zero-order valence-corrected chi connectivity index (χ0v) is 17.0. The van der Waals surface area contributed by atoms with Crippen LogP contribution in [-0.2, 0) is 14.3 Å². The van der Waals surface area contributed by atoms with Gasteiger partial charge in [-0.3, -0.25) is 9.59 Å². The van der Waals surface area contributed by atoms with Crippen molar-refractivity contribution >= 4 is 23.6 Å². The third kappa shape index (κ3) is 5.87. The van der Waals surface area contributed by atoms with Crippen LogP contribution in [0.2, 0.25) is 0 Å². The van der Waals surface area contributed by atoms with E-state index in [0.717, 1.165) is 0 Å². The van der Waals surface area contributed by atoms with E-state index in [2.05, 4.69) is 0 Å². The molecule has 0 saturated carbocycles. The minimum absolute atomic E-state index is 0.0425. The Bertz CT molecular complexity index is 682. The number of carbonyl (C=O) groups is 3. The Labute approximate surface area is 166 Å². The van der Waals surface area contributed by atoms with Crippen molar-refractivity contribution in [3.8, 4) is 5.75 Å². The maximum absolute atomic E-state index is 12.7. The number of rotatable bonds is 6. The third-order valence-electron chi connectivity index (χ3n) is 4.35. The fraction of sp³-hybridized carbons (Fsp3) is 0.550. The van der Waals surface area contributed by atoms with Crippen LogP contribution in [0, 0.1) is 0 Å². The predicted molar refractivity (Wildman–Crippen MR) is 105 cm³/mol. The summed E-state index contributed by atoms with van der Waals surface area (Å²) in [6.45, 7) is 9.05. The molecule has 0 atom stereocenters. The van der Waals surface area contributed by atoms with Crippen LogP contribution in [-0.4, -0.2) is 73.1 Å². The highest BCUT2D eigenvalue weighted by atomic mass is 16.6. The number of carbonyl (C=O) groups excluding carboxylic acids is 3. The number of piperazine rings is 1. The largest absolute Gasteiger partial charge is 0.491 e. The number of hydrogen-bond donors (Lipinski definition) is 0. The van der Waals surface area contributed by atoms with Crippen LogP contribution in [0.5, 0.6) is 5.75 Å². The number of benzene rings is 1. The zero-order valence-electron chi connectivity index (χ0n) is 17.0. The Morgan fingerprint density at radius 1 is 1.04 bits per heavy atom. The number of nitrogens with zero attached hydrogens (tertiary/aromatic N) is 3. The molecule has 3 amide bonds. The first-order valence-corrected chi connectivity index (χ1v) is 9.56. The van der Waals surface area contributed by atoms with Gasteiger partial charge >= 0.3 is 6.09 Å². The first-order chi connectivity index (χ1) is 13.3. The molecule has 1 fully saturated rings. The molecule has 1 saturated heterocycles. The average molecular weight is 391 g/mol. The Balaban J connectivity index is 1.96. The molecule has 0 bridgehead atoms. The Hall–Kier alpha value is -2.77. The minimum atomic E-state index is -0.358. The maximum atomic E-state index is 12.7. The summed E-state index contributed by atoms with van der Waals surface area (Å²) in [5.41, 5.74) is 0.641. The van der Waals surface area contributed by atoms with E-state index in [1.54, 1.807) is 41.0 Å². The molecule has 28 heavy (non-hydrogen) atoms. The van der Waals surface area contributed by atoms with Gasteiger partial charge in [0, 0.05) is 38.8 Å². The Morgan fingerprint density at radius 3 is 2.11 bits per heavy atom. The van der Waals surface area contributed by atoms with Gasteiger partial charge in [0.05, 0.1) is 12.7 Å². The van der Waals surface area contributed by atoms with Crippen molar-refractivity contribution in [3.05, 3.63) is 24.3 Å². The second-order valence-corrected chi connectivity index (χ2v) is 6.83. The molecule has 0 unspecified atom stereocenters. The van der Waals surface area contributed by atoms with Crippen molar-refractivity contribution in [2.45, 2.75) is 33.8 Å². The molecular weight excluding hydrogens is 362 g/mol. The number of ether oxygens (including phenoxy) is 2. The van der Waals surface area contributed by atoms with E-state index >= 15 is 0 Å². The van der Waals surface area contributed by atoms with E-state index in [1.807, 2.05) is 13.8 Å². The molecule has 1 aliphatic rings. The summed E-state index contributed by atoms with van der Waals surface area (Å²) in [5, 5.41) is 0. The molecule has 0 aromatic heterocycles. The van der Waals surface area contributed by atoms with Crippen LogP contribution in [0.3, 0.4) is 0 Å². The van der Waals surface area contributed by atoms with Gasteiger partial charge < -0.3 is 24.2 Å². The van der Waals surface area contributed by atoms with E-state index < -0.39 is 0 Å². The van der Waals surface area contributed by atoms with Crippen LogP contribution in [0.15, 0.2) is 24.3 Å². The summed E-state index contributed by atoms with van der Waals surface area (Å²) in [4.78, 5) is 41.2. The molecule has 2 rings (SSSR count). The second kappa shape index (κ2) is 9.96. The van der Waals surface area contributed by atoms with Crippen molar-refractivity contribution in [2.24, 2.45) is 0 Å². The normalized spacial score (nSPS) is 14.0. The fourth-order valence-corrected chi connectivity index (χ4v) is 2.95. The number of hydrogen-bond acceptors (Lipinski definition) is 5. The summed E-state index contributed by atoms with van der Waals surface area (Å²) < 4.78 is 10.6. The van der Waals surface area contributed by atoms with Gasteiger partial charge in [0.15, 0.2) is 0 Å². The summed E-state index contributed by atoms with van der Waals surface area (Å²) in [6.07, 6.45) is -0.298. The van der Waals surface area contributed by atoms with Crippen LogP contribution in [0.25, 0.3) is 0 Å². The highest BCUT2D eigenvalue weighted by molar-refractivity contribution is 5.97. The monoisotopic (exact) mass is 391 g/mol. The maximum Gasteiger partial charge on any atom is 0.409 e. The first-order valence-electron chi connectivity index (χ1n) is 9.56. The molecule has 0 N–H and O–H groups in total. The number of amides is 3. The van der Waals surface area contributed by atoms with E-state index in [9.17, 15) is 14.4 Å². The zero-order chi connectivity index (χ0) is 20.7. The molecule has 154 valence electrons. The van der Waals surface area contributed by atoms with Crippen molar-refractivity contribution in [1.29, 1.82) is 0 Å². The molecule has 1 aromatic rings. The third-order valence-corrected chi connectivity index (χ3v) is 4.35. The van der Waals surface area contributed by atoms with Crippen LogP contribution in [0.4, 0.5) is 10.5 Å². The van der Waals surface area contributed by atoms with Gasteiger partial charge in [-0.2, -0.15) is 0 Å². The predicted octanol–water partition coefficient (Wildman–Crippen LogP) is 2.13. The summed E-state index contributed by atoms with van der Waals surface area (Å²) >= 11 is 0.